The van der Waals surface area contributed by atoms with Gasteiger partial charge in [0.05, 0.1) is 0 Å². The standard InChI is InChI=1S/C19H26N4O3/c1-22(2)19(10-6-7-11-19)12-20-16(24)17(25)21-15-13-8-4-5-9-14(13)23(3)18(15)26/h4-5,8-9,15H,6-7,10-12H2,1-3H3,(H,20,24)(H,21,25). The van der Waals surface area contributed by atoms with Gasteiger partial charge in [-0.3, -0.25) is 14.4 Å². The molecule has 7 nitrogen and oxygen atoms in total. The number of nitrogens with one attached hydrogen (secondary N) is 2. The summed E-state index contributed by atoms with van der Waals surface area (Å²) >= 11 is 0. The van der Waals surface area contributed by atoms with Crippen LogP contribution in [0.25, 0.3) is 0 Å². The lowest BCUT2D eigenvalue weighted by molar-refractivity contribution is -0.140. The van der Waals surface area contributed by atoms with Gasteiger partial charge in [-0.1, -0.05) is 31.0 Å². The summed E-state index contributed by atoms with van der Waals surface area (Å²) in [7, 11) is 5.66. The van der Waals surface area contributed by atoms with Crippen molar-refractivity contribution in [2.45, 2.75) is 37.3 Å². The van der Waals surface area contributed by atoms with E-state index in [-0.39, 0.29) is 11.4 Å². The second kappa shape index (κ2) is 7.07. The molecule has 0 spiro atoms. The molecule has 1 unspecified atom stereocenters. The molecule has 1 aliphatic carbocycles. The normalized spacial score (nSPS) is 21.0. The van der Waals surface area contributed by atoms with Gasteiger partial charge in [-0.05, 0) is 33.0 Å². The first-order valence-electron chi connectivity index (χ1n) is 8.98. The van der Waals surface area contributed by atoms with E-state index in [1.165, 1.54) is 4.90 Å². The minimum absolute atomic E-state index is 0.0913. The van der Waals surface area contributed by atoms with Crippen LogP contribution in [0.1, 0.15) is 37.3 Å². The van der Waals surface area contributed by atoms with Crippen molar-refractivity contribution in [1.82, 2.24) is 15.5 Å². The van der Waals surface area contributed by atoms with Crippen LogP contribution in [0.15, 0.2) is 24.3 Å². The summed E-state index contributed by atoms with van der Waals surface area (Å²) in [5.74, 6) is -1.72. The first-order chi connectivity index (χ1) is 12.4. The summed E-state index contributed by atoms with van der Waals surface area (Å²) in [6, 6.07) is 6.44. The largest absolute Gasteiger partial charge is 0.346 e. The maximum Gasteiger partial charge on any atom is 0.310 e. The number of carbonyl (C=O) groups is 3. The molecule has 1 aromatic carbocycles. The summed E-state index contributed by atoms with van der Waals surface area (Å²) in [6.45, 7) is 0.432. The summed E-state index contributed by atoms with van der Waals surface area (Å²) in [4.78, 5) is 40.6. The molecular formula is C19H26N4O3. The second-order valence-corrected chi connectivity index (χ2v) is 7.37. The quantitative estimate of drug-likeness (QED) is 0.781. The Labute approximate surface area is 153 Å². The maximum absolute atomic E-state index is 12.4. The first kappa shape index (κ1) is 18.4. The zero-order valence-corrected chi connectivity index (χ0v) is 15.5. The molecular weight excluding hydrogens is 332 g/mol. The zero-order valence-electron chi connectivity index (χ0n) is 15.5. The monoisotopic (exact) mass is 358 g/mol. The smallest absolute Gasteiger partial charge is 0.310 e. The average Bonchev–Trinajstić information content (AvgIpc) is 3.20. The Morgan fingerprint density at radius 1 is 1.19 bits per heavy atom. The third-order valence-electron chi connectivity index (χ3n) is 5.73. The van der Waals surface area contributed by atoms with Crippen LogP contribution in [0.5, 0.6) is 0 Å². The predicted molar refractivity (Wildman–Crippen MR) is 98.6 cm³/mol. The van der Waals surface area contributed by atoms with Crippen LogP contribution < -0.4 is 15.5 Å². The number of fused-ring (bicyclic) bond motifs is 1. The van der Waals surface area contributed by atoms with E-state index in [9.17, 15) is 14.4 Å². The Morgan fingerprint density at radius 2 is 1.85 bits per heavy atom. The molecule has 140 valence electrons. The molecule has 1 saturated carbocycles. The van der Waals surface area contributed by atoms with E-state index in [4.69, 9.17) is 0 Å². The molecule has 1 atom stereocenters. The van der Waals surface area contributed by atoms with Crippen molar-refractivity contribution in [3.05, 3.63) is 29.8 Å². The van der Waals surface area contributed by atoms with Crippen LogP contribution in [0.4, 0.5) is 5.69 Å². The van der Waals surface area contributed by atoms with Gasteiger partial charge in [-0.25, -0.2) is 0 Å². The molecule has 26 heavy (non-hydrogen) atoms. The molecule has 0 aromatic heterocycles. The van der Waals surface area contributed by atoms with Crippen LogP contribution in [0.3, 0.4) is 0 Å². The van der Waals surface area contributed by atoms with Gasteiger partial charge in [0.1, 0.15) is 6.04 Å². The number of rotatable bonds is 4. The Kier molecular flexibility index (Phi) is 5.00. The fourth-order valence-electron chi connectivity index (χ4n) is 3.96. The van der Waals surface area contributed by atoms with Gasteiger partial charge >= 0.3 is 11.8 Å². The number of likely N-dealkylation sites (N-methyl/N-ethyl adjacent to an activating group) is 2. The highest BCUT2D eigenvalue weighted by molar-refractivity contribution is 6.35. The Hall–Kier alpha value is -2.41. The summed E-state index contributed by atoms with van der Waals surface area (Å²) in [5, 5.41) is 5.33. The van der Waals surface area contributed by atoms with Gasteiger partial charge < -0.3 is 20.4 Å². The summed E-state index contributed by atoms with van der Waals surface area (Å²) in [5.41, 5.74) is 1.37. The van der Waals surface area contributed by atoms with E-state index in [0.717, 1.165) is 31.4 Å². The maximum atomic E-state index is 12.4. The molecule has 1 heterocycles. The fourth-order valence-corrected chi connectivity index (χ4v) is 3.96. The van der Waals surface area contributed by atoms with Gasteiger partial charge in [0, 0.05) is 30.4 Å². The number of nitrogens with zero attached hydrogens (tertiary/aromatic N) is 2. The van der Waals surface area contributed by atoms with E-state index in [0.29, 0.717) is 12.1 Å². The molecule has 1 aliphatic heterocycles. The highest BCUT2D eigenvalue weighted by Crippen LogP contribution is 2.34. The molecule has 3 rings (SSSR count). The number of hydrogen-bond acceptors (Lipinski definition) is 4. The minimum Gasteiger partial charge on any atom is -0.346 e. The summed E-state index contributed by atoms with van der Waals surface area (Å²) < 4.78 is 0. The van der Waals surface area contributed by atoms with E-state index < -0.39 is 17.9 Å². The van der Waals surface area contributed by atoms with Crippen LogP contribution in [0.2, 0.25) is 0 Å². The highest BCUT2D eigenvalue weighted by Gasteiger charge is 2.39. The predicted octanol–water partition coefficient (Wildman–Crippen LogP) is 0.811. The zero-order chi connectivity index (χ0) is 18.9. The van der Waals surface area contributed by atoms with Gasteiger partial charge in [0.15, 0.2) is 0 Å². The molecule has 1 fully saturated rings. The SMILES string of the molecule is CN1C(=O)C(NC(=O)C(=O)NCC2(N(C)C)CCCC2)c2ccccc21. The van der Waals surface area contributed by atoms with Crippen molar-refractivity contribution >= 4 is 23.4 Å². The topological polar surface area (TPSA) is 81.8 Å². The molecule has 2 aliphatic rings. The van der Waals surface area contributed by atoms with Gasteiger partial charge in [-0.2, -0.15) is 0 Å². The number of hydrogen-bond donors (Lipinski definition) is 2. The number of para-hydroxylation sites is 1. The van der Waals surface area contributed by atoms with Crippen LogP contribution in [-0.4, -0.2) is 55.8 Å². The van der Waals surface area contributed by atoms with E-state index in [1.54, 1.807) is 13.1 Å². The van der Waals surface area contributed by atoms with E-state index >= 15 is 0 Å². The van der Waals surface area contributed by atoms with Crippen molar-refractivity contribution < 1.29 is 14.4 Å². The highest BCUT2D eigenvalue weighted by atomic mass is 16.2. The van der Waals surface area contributed by atoms with Crippen molar-refractivity contribution in [3.8, 4) is 0 Å². The van der Waals surface area contributed by atoms with Crippen molar-refractivity contribution in [1.29, 1.82) is 0 Å². The third kappa shape index (κ3) is 3.19. The van der Waals surface area contributed by atoms with Crippen molar-refractivity contribution in [3.63, 3.8) is 0 Å². The molecule has 0 radical (unpaired) electrons. The molecule has 7 heteroatoms. The van der Waals surface area contributed by atoms with E-state index in [1.807, 2.05) is 32.3 Å². The van der Waals surface area contributed by atoms with Crippen molar-refractivity contribution in [2.75, 3.05) is 32.6 Å². The lowest BCUT2D eigenvalue weighted by Gasteiger charge is -2.36. The lowest BCUT2D eigenvalue weighted by atomic mass is 9.96. The summed E-state index contributed by atoms with van der Waals surface area (Å²) in [6.07, 6.45) is 4.25. The molecule has 3 amide bonds. The number of benzene rings is 1. The van der Waals surface area contributed by atoms with Gasteiger partial charge in [0.2, 0.25) is 0 Å². The Balaban J connectivity index is 1.63. The van der Waals surface area contributed by atoms with Crippen LogP contribution in [-0.2, 0) is 14.4 Å². The number of amides is 3. The molecule has 1 aromatic rings. The molecule has 0 bridgehead atoms. The lowest BCUT2D eigenvalue weighted by Crippen LogP contribution is -2.53. The van der Waals surface area contributed by atoms with E-state index in [2.05, 4.69) is 15.5 Å². The van der Waals surface area contributed by atoms with Crippen molar-refractivity contribution in [2.24, 2.45) is 0 Å². The Bertz CT molecular complexity index is 725. The third-order valence-corrected chi connectivity index (χ3v) is 5.73. The fraction of sp³-hybridized carbons (Fsp3) is 0.526. The van der Waals surface area contributed by atoms with Gasteiger partial charge in [-0.15, -0.1) is 0 Å². The van der Waals surface area contributed by atoms with Crippen LogP contribution >= 0.6 is 0 Å². The Morgan fingerprint density at radius 3 is 2.50 bits per heavy atom. The van der Waals surface area contributed by atoms with Gasteiger partial charge in [0.25, 0.3) is 5.91 Å². The minimum atomic E-state index is -0.816. The van der Waals surface area contributed by atoms with Crippen LogP contribution in [0, 0.1) is 0 Å². The number of anilines is 1. The molecule has 2 N–H and O–H groups in total. The number of carbonyl (C=O) groups excluding carboxylic acids is 3. The first-order valence-corrected chi connectivity index (χ1v) is 8.98. The average molecular weight is 358 g/mol. The second-order valence-electron chi connectivity index (χ2n) is 7.37. The molecule has 0 saturated heterocycles.